The lowest BCUT2D eigenvalue weighted by atomic mass is 10.00. The second-order valence-corrected chi connectivity index (χ2v) is 5.95. The van der Waals surface area contributed by atoms with Crippen LogP contribution in [0.25, 0.3) is 0 Å². The predicted molar refractivity (Wildman–Crippen MR) is 80.0 cm³/mol. The van der Waals surface area contributed by atoms with Crippen LogP contribution in [0.4, 0.5) is 0 Å². The molecule has 0 radical (unpaired) electrons. The lowest BCUT2D eigenvalue weighted by molar-refractivity contribution is -0.202. The van der Waals surface area contributed by atoms with Crippen molar-refractivity contribution in [3.8, 4) is 0 Å². The van der Waals surface area contributed by atoms with Crippen molar-refractivity contribution >= 4 is 23.9 Å². The summed E-state index contributed by atoms with van der Waals surface area (Å²) in [5.41, 5.74) is 0. The van der Waals surface area contributed by atoms with Crippen molar-refractivity contribution in [2.24, 2.45) is 11.8 Å². The van der Waals surface area contributed by atoms with Crippen molar-refractivity contribution in [1.82, 2.24) is 0 Å². The molecule has 0 aromatic rings. The van der Waals surface area contributed by atoms with E-state index in [0.29, 0.717) is 0 Å². The molecule has 0 unspecified atom stereocenters. The van der Waals surface area contributed by atoms with E-state index >= 15 is 0 Å². The van der Waals surface area contributed by atoms with Gasteiger partial charge < -0.3 is 23.7 Å². The number of fused-ring (bicyclic) bond motifs is 1. The van der Waals surface area contributed by atoms with Gasteiger partial charge in [-0.1, -0.05) is 0 Å². The molecular formula is C16H22O9. The Hall–Kier alpha value is -2.16. The van der Waals surface area contributed by atoms with Crippen LogP contribution in [0.15, 0.2) is 0 Å². The third-order valence-electron chi connectivity index (χ3n) is 4.02. The van der Waals surface area contributed by atoms with Crippen molar-refractivity contribution in [3.63, 3.8) is 0 Å². The Morgan fingerprint density at radius 1 is 0.880 bits per heavy atom. The van der Waals surface area contributed by atoms with Crippen LogP contribution in [0.2, 0.25) is 0 Å². The van der Waals surface area contributed by atoms with Crippen molar-refractivity contribution in [2.75, 3.05) is 13.2 Å². The van der Waals surface area contributed by atoms with E-state index in [0.717, 1.165) is 0 Å². The highest BCUT2D eigenvalue weighted by atomic mass is 16.6. The van der Waals surface area contributed by atoms with E-state index in [1.54, 1.807) is 6.92 Å². The van der Waals surface area contributed by atoms with E-state index in [4.69, 9.17) is 23.7 Å². The van der Waals surface area contributed by atoms with E-state index in [2.05, 4.69) is 0 Å². The van der Waals surface area contributed by atoms with Crippen LogP contribution >= 0.6 is 0 Å². The zero-order valence-corrected chi connectivity index (χ0v) is 14.6. The molecule has 140 valence electrons. The van der Waals surface area contributed by atoms with Gasteiger partial charge in [0.1, 0.15) is 18.8 Å². The molecule has 0 aromatic heterocycles. The first-order valence-corrected chi connectivity index (χ1v) is 8.06. The zero-order chi connectivity index (χ0) is 18.7. The first kappa shape index (κ1) is 19.2. The van der Waals surface area contributed by atoms with E-state index < -0.39 is 60.1 Å². The van der Waals surface area contributed by atoms with Gasteiger partial charge in [0.15, 0.2) is 6.10 Å². The summed E-state index contributed by atoms with van der Waals surface area (Å²) < 4.78 is 26.3. The highest BCUT2D eigenvalue weighted by molar-refractivity contribution is 5.78. The number of rotatable bonds is 6. The van der Waals surface area contributed by atoms with Crippen LogP contribution < -0.4 is 0 Å². The molecule has 9 nitrogen and oxygen atoms in total. The number of ether oxygens (including phenoxy) is 5. The Bertz CT molecular complexity index is 558. The van der Waals surface area contributed by atoms with Crippen LogP contribution in [0.3, 0.4) is 0 Å². The first-order valence-electron chi connectivity index (χ1n) is 8.06. The van der Waals surface area contributed by atoms with Gasteiger partial charge in [0, 0.05) is 26.7 Å². The molecule has 9 heteroatoms. The van der Waals surface area contributed by atoms with Crippen LogP contribution in [0, 0.1) is 11.8 Å². The molecule has 2 fully saturated rings. The van der Waals surface area contributed by atoms with E-state index in [1.807, 2.05) is 0 Å². The van der Waals surface area contributed by atoms with Crippen LogP contribution in [0.5, 0.6) is 0 Å². The van der Waals surface area contributed by atoms with Crippen molar-refractivity contribution < 1.29 is 42.9 Å². The Kier molecular flexibility index (Phi) is 5.99. The van der Waals surface area contributed by atoms with Crippen LogP contribution in [-0.2, 0) is 42.9 Å². The SMILES string of the molecule is CCOC(=O)[C@@H]1[C@H]2O[C@H](COC(C)=O)[C@H](OC(C)=O)[C@H](OC(C)=O)[C@H]21. The molecule has 2 rings (SSSR count). The second kappa shape index (κ2) is 7.81. The maximum atomic E-state index is 12.1. The molecule has 1 saturated heterocycles. The van der Waals surface area contributed by atoms with E-state index in [9.17, 15) is 19.2 Å². The molecular weight excluding hydrogens is 336 g/mol. The molecule has 6 atom stereocenters. The van der Waals surface area contributed by atoms with Gasteiger partial charge in [-0.2, -0.15) is 0 Å². The van der Waals surface area contributed by atoms with Gasteiger partial charge >= 0.3 is 23.9 Å². The summed E-state index contributed by atoms with van der Waals surface area (Å²) in [7, 11) is 0. The summed E-state index contributed by atoms with van der Waals surface area (Å²) in [4.78, 5) is 46.1. The molecule has 0 aromatic carbocycles. The summed E-state index contributed by atoms with van der Waals surface area (Å²) in [6, 6.07) is 0. The number of hydrogen-bond donors (Lipinski definition) is 0. The highest BCUT2D eigenvalue weighted by Gasteiger charge is 2.68. The van der Waals surface area contributed by atoms with Gasteiger partial charge in [0.05, 0.1) is 18.6 Å². The molecule has 1 saturated carbocycles. The minimum Gasteiger partial charge on any atom is -0.466 e. The van der Waals surface area contributed by atoms with E-state index in [-0.39, 0.29) is 13.2 Å². The van der Waals surface area contributed by atoms with Gasteiger partial charge in [-0.05, 0) is 6.92 Å². The monoisotopic (exact) mass is 358 g/mol. The summed E-state index contributed by atoms with van der Waals surface area (Å²) >= 11 is 0. The van der Waals surface area contributed by atoms with Crippen LogP contribution in [-0.4, -0.2) is 61.5 Å². The van der Waals surface area contributed by atoms with Crippen molar-refractivity contribution in [1.29, 1.82) is 0 Å². The summed E-state index contributed by atoms with van der Waals surface area (Å²) in [6.07, 6.45) is -3.26. The number of carbonyl (C=O) groups excluding carboxylic acids is 4. The first-order chi connectivity index (χ1) is 11.8. The second-order valence-electron chi connectivity index (χ2n) is 5.95. The molecule has 0 N–H and O–H groups in total. The summed E-state index contributed by atoms with van der Waals surface area (Å²) in [5.74, 6) is -3.28. The topological polar surface area (TPSA) is 114 Å². The molecule has 0 amide bonds. The van der Waals surface area contributed by atoms with Gasteiger partial charge in [-0.15, -0.1) is 0 Å². The lowest BCUT2D eigenvalue weighted by Crippen LogP contribution is -2.51. The minimum atomic E-state index is -0.985. The minimum absolute atomic E-state index is 0.191. The normalized spacial score (nSPS) is 32.8. The molecule has 25 heavy (non-hydrogen) atoms. The van der Waals surface area contributed by atoms with Gasteiger partial charge in [0.2, 0.25) is 0 Å². The molecule has 1 heterocycles. The third kappa shape index (κ3) is 4.47. The quantitative estimate of drug-likeness (QED) is 0.477. The highest BCUT2D eigenvalue weighted by Crippen LogP contribution is 2.52. The maximum absolute atomic E-state index is 12.1. The lowest BCUT2D eigenvalue weighted by Gasteiger charge is -2.35. The average Bonchev–Trinajstić information content (AvgIpc) is 3.21. The number of esters is 4. The summed E-state index contributed by atoms with van der Waals surface area (Å²) in [6.45, 7) is 5.35. The van der Waals surface area contributed by atoms with E-state index in [1.165, 1.54) is 20.8 Å². The Morgan fingerprint density at radius 3 is 2.00 bits per heavy atom. The molecule has 1 aliphatic heterocycles. The Labute approximate surface area is 144 Å². The maximum Gasteiger partial charge on any atom is 0.312 e. The fourth-order valence-electron chi connectivity index (χ4n) is 3.12. The third-order valence-corrected chi connectivity index (χ3v) is 4.02. The predicted octanol–water partition coefficient (Wildman–Crippen LogP) is -0.0106. The molecule has 2 aliphatic rings. The van der Waals surface area contributed by atoms with Crippen LogP contribution in [0.1, 0.15) is 27.7 Å². The molecule has 0 bridgehead atoms. The molecule has 1 aliphatic carbocycles. The fraction of sp³-hybridized carbons (Fsp3) is 0.750. The zero-order valence-electron chi connectivity index (χ0n) is 14.6. The average molecular weight is 358 g/mol. The van der Waals surface area contributed by atoms with Crippen molar-refractivity contribution in [2.45, 2.75) is 52.1 Å². The smallest absolute Gasteiger partial charge is 0.312 e. The number of hydrogen-bond acceptors (Lipinski definition) is 9. The van der Waals surface area contributed by atoms with Gasteiger partial charge in [-0.25, -0.2) is 0 Å². The molecule has 0 spiro atoms. The fourth-order valence-corrected chi connectivity index (χ4v) is 3.12. The Morgan fingerprint density at radius 2 is 1.48 bits per heavy atom. The van der Waals surface area contributed by atoms with Crippen molar-refractivity contribution in [3.05, 3.63) is 0 Å². The largest absolute Gasteiger partial charge is 0.466 e. The van der Waals surface area contributed by atoms with Gasteiger partial charge in [0.25, 0.3) is 0 Å². The Balaban J connectivity index is 2.23. The number of carbonyl (C=O) groups is 4. The summed E-state index contributed by atoms with van der Waals surface area (Å²) in [5, 5.41) is 0. The standard InChI is InChI=1S/C16H22O9/c1-5-21-16(20)12-11-14(12)25-10(6-22-7(2)17)13(23-8(3)18)15(11)24-9(4)19/h10-15H,5-6H2,1-4H3/t10-,11+,12+,13+,14+,15-/m1/s1. The van der Waals surface area contributed by atoms with Gasteiger partial charge in [-0.3, -0.25) is 19.2 Å².